The van der Waals surface area contributed by atoms with E-state index in [4.69, 9.17) is 4.74 Å². The van der Waals surface area contributed by atoms with Crippen LogP contribution in [0.3, 0.4) is 0 Å². The van der Waals surface area contributed by atoms with E-state index >= 15 is 0 Å². The molecule has 28 heavy (non-hydrogen) atoms. The Balaban J connectivity index is 1.68. The first-order chi connectivity index (χ1) is 13.5. The lowest BCUT2D eigenvalue weighted by Gasteiger charge is -2.13. The highest BCUT2D eigenvalue weighted by molar-refractivity contribution is 7.16. The molecule has 0 spiro atoms. The highest BCUT2D eigenvalue weighted by Gasteiger charge is 2.22. The summed E-state index contributed by atoms with van der Waals surface area (Å²) in [5, 5.41) is 3.38. The van der Waals surface area contributed by atoms with Crippen molar-refractivity contribution in [2.24, 2.45) is 0 Å². The number of nitrogens with zero attached hydrogens (tertiary/aromatic N) is 2. The van der Waals surface area contributed by atoms with Crippen LogP contribution < -0.4 is 10.1 Å². The van der Waals surface area contributed by atoms with E-state index in [0.29, 0.717) is 35.7 Å². The molecule has 1 aromatic carbocycles. The molecule has 3 aromatic rings. The number of aromatic nitrogens is 2. The second-order valence-corrected chi connectivity index (χ2v) is 7.71. The minimum atomic E-state index is -0.286. The average molecular weight is 393 g/mol. The normalized spacial score (nSPS) is 13.1. The van der Waals surface area contributed by atoms with Gasteiger partial charge in [0.1, 0.15) is 11.5 Å². The maximum absolute atomic E-state index is 13.0. The van der Waals surface area contributed by atoms with Crippen LogP contribution in [0.5, 0.6) is 5.75 Å². The Hall–Kier alpha value is -3.06. The molecule has 2 aromatic heterocycles. The summed E-state index contributed by atoms with van der Waals surface area (Å²) in [6.07, 6.45) is 3.13. The molecule has 0 saturated carbocycles. The molecule has 142 valence electrons. The molecule has 0 aliphatic heterocycles. The number of rotatable bonds is 4. The number of amides is 1. The van der Waals surface area contributed by atoms with Crippen molar-refractivity contribution in [3.05, 3.63) is 58.4 Å². The van der Waals surface area contributed by atoms with Crippen LogP contribution in [-0.4, -0.2) is 28.8 Å². The molecule has 2 heterocycles. The number of aryl methyl sites for hydroxylation is 2. The molecule has 0 unspecified atom stereocenters. The van der Waals surface area contributed by atoms with Gasteiger partial charge in [-0.05, 0) is 25.5 Å². The summed E-state index contributed by atoms with van der Waals surface area (Å²) in [6.45, 7) is 1.88. The number of ketones is 1. The highest BCUT2D eigenvalue weighted by Crippen LogP contribution is 2.33. The predicted octanol–water partition coefficient (Wildman–Crippen LogP) is 3.83. The van der Waals surface area contributed by atoms with Crippen molar-refractivity contribution in [2.75, 3.05) is 12.4 Å². The summed E-state index contributed by atoms with van der Waals surface area (Å²) in [6, 6.07) is 9.44. The first-order valence-electron chi connectivity index (χ1n) is 8.97. The fourth-order valence-corrected chi connectivity index (χ4v) is 4.32. The average Bonchev–Trinajstić information content (AvgIpc) is 3.09. The molecule has 0 saturated heterocycles. The van der Waals surface area contributed by atoms with Crippen LogP contribution in [0.15, 0.2) is 36.5 Å². The molecular formula is C21H19N3O3S. The van der Waals surface area contributed by atoms with Gasteiger partial charge in [0, 0.05) is 40.7 Å². The monoisotopic (exact) mass is 393 g/mol. The van der Waals surface area contributed by atoms with Crippen LogP contribution in [0.1, 0.15) is 33.0 Å². The summed E-state index contributed by atoms with van der Waals surface area (Å²) in [7, 11) is 1.61. The lowest BCUT2D eigenvalue weighted by atomic mass is 9.99. The smallest absolute Gasteiger partial charge is 0.259 e. The number of hydrogen-bond donors (Lipinski definition) is 1. The van der Waals surface area contributed by atoms with E-state index in [9.17, 15) is 9.59 Å². The largest absolute Gasteiger partial charge is 0.496 e. The summed E-state index contributed by atoms with van der Waals surface area (Å²) < 4.78 is 5.46. The van der Waals surface area contributed by atoms with Crippen LogP contribution >= 0.6 is 11.3 Å². The number of thiazole rings is 1. The number of fused-ring (bicyclic) bond motifs is 1. The molecule has 4 rings (SSSR count). The zero-order chi connectivity index (χ0) is 19.7. The van der Waals surface area contributed by atoms with Gasteiger partial charge in [-0.15, -0.1) is 11.3 Å². The topological polar surface area (TPSA) is 81.2 Å². The molecule has 0 fully saturated rings. The van der Waals surface area contributed by atoms with Gasteiger partial charge in [-0.2, -0.15) is 0 Å². The number of para-hydroxylation sites is 1. The lowest BCUT2D eigenvalue weighted by Crippen LogP contribution is -2.14. The quantitative estimate of drug-likeness (QED) is 0.728. The van der Waals surface area contributed by atoms with Gasteiger partial charge in [-0.3, -0.25) is 19.9 Å². The molecular weight excluding hydrogens is 374 g/mol. The maximum atomic E-state index is 13.0. The third-order valence-corrected chi connectivity index (χ3v) is 5.69. The van der Waals surface area contributed by atoms with Crippen molar-refractivity contribution in [2.45, 2.75) is 26.2 Å². The fraction of sp³-hybridized carbons (Fsp3) is 0.238. The molecule has 1 aliphatic rings. The zero-order valence-corrected chi connectivity index (χ0v) is 16.4. The van der Waals surface area contributed by atoms with E-state index in [1.807, 2.05) is 37.3 Å². The Labute approximate surface area is 166 Å². The lowest BCUT2D eigenvalue weighted by molar-refractivity contribution is -0.118. The zero-order valence-electron chi connectivity index (χ0n) is 15.6. The van der Waals surface area contributed by atoms with Crippen LogP contribution in [0, 0.1) is 6.92 Å². The predicted molar refractivity (Wildman–Crippen MR) is 108 cm³/mol. The SMILES string of the molecule is COc1ccccc1-c1cc(C)ncc1C(=O)Nc1nc2c(s1)CC(=O)CC2. The first-order valence-corrected chi connectivity index (χ1v) is 9.78. The van der Waals surface area contributed by atoms with Gasteiger partial charge in [0.25, 0.3) is 5.91 Å². The molecule has 0 atom stereocenters. The number of benzene rings is 1. The highest BCUT2D eigenvalue weighted by atomic mass is 32.1. The van der Waals surface area contributed by atoms with Crippen LogP contribution in [0.25, 0.3) is 11.1 Å². The van der Waals surface area contributed by atoms with E-state index in [2.05, 4.69) is 15.3 Å². The van der Waals surface area contributed by atoms with Crippen molar-refractivity contribution in [1.82, 2.24) is 9.97 Å². The number of ether oxygens (including phenoxy) is 1. The Bertz CT molecular complexity index is 1070. The van der Waals surface area contributed by atoms with Crippen molar-refractivity contribution in [3.63, 3.8) is 0 Å². The van der Waals surface area contributed by atoms with Gasteiger partial charge in [0.2, 0.25) is 0 Å². The molecule has 0 radical (unpaired) electrons. The number of carbonyl (C=O) groups is 2. The van der Waals surface area contributed by atoms with Gasteiger partial charge in [-0.1, -0.05) is 18.2 Å². The number of Topliss-reactive ketones (excluding diaryl/α,β-unsaturated/α-hetero) is 1. The fourth-order valence-electron chi connectivity index (χ4n) is 3.29. The number of pyridine rings is 1. The van der Waals surface area contributed by atoms with E-state index in [-0.39, 0.29) is 11.7 Å². The van der Waals surface area contributed by atoms with E-state index in [0.717, 1.165) is 27.4 Å². The van der Waals surface area contributed by atoms with E-state index in [1.165, 1.54) is 11.3 Å². The molecule has 1 amide bonds. The molecule has 1 N–H and O–H groups in total. The second kappa shape index (κ2) is 7.52. The maximum Gasteiger partial charge on any atom is 0.259 e. The molecule has 7 heteroatoms. The first kappa shape index (κ1) is 18.3. The van der Waals surface area contributed by atoms with Crippen molar-refractivity contribution >= 4 is 28.2 Å². The Kier molecular flexibility index (Phi) is 4.92. The minimum Gasteiger partial charge on any atom is -0.496 e. The Morgan fingerprint density at radius 2 is 2.04 bits per heavy atom. The van der Waals surface area contributed by atoms with Gasteiger partial charge in [0.05, 0.1) is 18.4 Å². The number of nitrogens with one attached hydrogen (secondary N) is 1. The van der Waals surface area contributed by atoms with Gasteiger partial charge < -0.3 is 4.74 Å². The third kappa shape index (κ3) is 3.53. The second-order valence-electron chi connectivity index (χ2n) is 6.63. The van der Waals surface area contributed by atoms with Crippen LogP contribution in [0.4, 0.5) is 5.13 Å². The van der Waals surface area contributed by atoms with Crippen molar-refractivity contribution < 1.29 is 14.3 Å². The summed E-state index contributed by atoms with van der Waals surface area (Å²) in [5.74, 6) is 0.617. The number of methoxy groups -OCH3 is 1. The Morgan fingerprint density at radius 1 is 1.21 bits per heavy atom. The minimum absolute atomic E-state index is 0.218. The molecule has 1 aliphatic carbocycles. The van der Waals surface area contributed by atoms with Gasteiger partial charge in [-0.25, -0.2) is 4.98 Å². The third-order valence-electron chi connectivity index (χ3n) is 4.68. The number of hydrogen-bond acceptors (Lipinski definition) is 6. The molecule has 0 bridgehead atoms. The van der Waals surface area contributed by atoms with Crippen molar-refractivity contribution in [1.29, 1.82) is 0 Å². The molecule has 6 nitrogen and oxygen atoms in total. The summed E-state index contributed by atoms with van der Waals surface area (Å²) in [4.78, 5) is 34.4. The van der Waals surface area contributed by atoms with Crippen LogP contribution in [0.2, 0.25) is 0 Å². The van der Waals surface area contributed by atoms with Crippen LogP contribution in [-0.2, 0) is 17.6 Å². The van der Waals surface area contributed by atoms with Crippen molar-refractivity contribution in [3.8, 4) is 16.9 Å². The standard InChI is InChI=1S/C21H19N3O3S/c1-12-9-15(14-5-3-4-6-18(14)27-2)16(11-22-12)20(26)24-21-23-17-8-7-13(25)10-19(17)28-21/h3-6,9,11H,7-8,10H2,1-2H3,(H,23,24,26). The number of carbonyl (C=O) groups excluding carboxylic acids is 2. The van der Waals surface area contributed by atoms with Gasteiger partial charge >= 0.3 is 0 Å². The Morgan fingerprint density at radius 3 is 2.86 bits per heavy atom. The van der Waals surface area contributed by atoms with E-state index in [1.54, 1.807) is 13.3 Å². The van der Waals surface area contributed by atoms with E-state index < -0.39 is 0 Å². The number of anilines is 1. The summed E-state index contributed by atoms with van der Waals surface area (Å²) in [5.41, 5.74) is 3.73. The summed E-state index contributed by atoms with van der Waals surface area (Å²) >= 11 is 1.37. The van der Waals surface area contributed by atoms with Gasteiger partial charge in [0.15, 0.2) is 5.13 Å².